The third-order valence-corrected chi connectivity index (χ3v) is 2.63. The minimum Gasteiger partial charge on any atom is -0.269 e. The van der Waals surface area contributed by atoms with Gasteiger partial charge in [-0.15, -0.1) is 6.42 Å². The molecule has 0 atom stereocenters. The average molecular weight is 269 g/mol. The van der Waals surface area contributed by atoms with Crippen LogP contribution in [0.25, 0.3) is 0 Å². The molecule has 0 bridgehead atoms. The molecule has 0 saturated heterocycles. The SMILES string of the molecule is CCCCC1=[C-]CC=C1CCCC.[Zr]. The first-order valence-electron chi connectivity index (χ1n) is 5.67. The summed E-state index contributed by atoms with van der Waals surface area (Å²) in [5.74, 6) is 0. The molecule has 1 rings (SSSR count). The first-order valence-corrected chi connectivity index (χ1v) is 5.67. The van der Waals surface area contributed by atoms with Crippen molar-refractivity contribution in [3.05, 3.63) is 23.3 Å². The molecule has 0 aromatic heterocycles. The maximum atomic E-state index is 3.47. The Labute approximate surface area is 108 Å². The number of rotatable bonds is 6. The third-order valence-electron chi connectivity index (χ3n) is 2.63. The van der Waals surface area contributed by atoms with Crippen LogP contribution in [0.15, 0.2) is 17.2 Å². The summed E-state index contributed by atoms with van der Waals surface area (Å²) in [5, 5.41) is 0. The Kier molecular flexibility index (Phi) is 8.88. The fourth-order valence-electron chi connectivity index (χ4n) is 1.76. The van der Waals surface area contributed by atoms with E-state index >= 15 is 0 Å². The second-order valence-electron chi connectivity index (χ2n) is 3.80. The molecule has 1 heteroatoms. The Morgan fingerprint density at radius 1 is 1.14 bits per heavy atom. The molecule has 78 valence electrons. The van der Waals surface area contributed by atoms with Gasteiger partial charge in [-0.3, -0.25) is 6.08 Å². The fraction of sp³-hybridized carbons (Fsp3) is 0.692. The quantitative estimate of drug-likeness (QED) is 0.625. The third kappa shape index (κ3) is 4.73. The van der Waals surface area contributed by atoms with Crippen molar-refractivity contribution in [3.63, 3.8) is 0 Å². The zero-order valence-electron chi connectivity index (χ0n) is 9.53. The molecule has 0 unspecified atom stereocenters. The average Bonchev–Trinajstić information content (AvgIpc) is 2.59. The molecule has 14 heavy (non-hydrogen) atoms. The van der Waals surface area contributed by atoms with Gasteiger partial charge in [0.05, 0.1) is 0 Å². The molecular weight excluding hydrogens is 247 g/mol. The summed E-state index contributed by atoms with van der Waals surface area (Å²) in [6.45, 7) is 4.51. The first kappa shape index (κ1) is 14.4. The van der Waals surface area contributed by atoms with Crippen molar-refractivity contribution in [2.45, 2.75) is 58.8 Å². The van der Waals surface area contributed by atoms with E-state index in [4.69, 9.17) is 0 Å². The van der Waals surface area contributed by atoms with Crippen LogP contribution < -0.4 is 0 Å². The predicted octanol–water partition coefficient (Wildman–Crippen LogP) is 4.42. The van der Waals surface area contributed by atoms with Crippen LogP contribution in [0.5, 0.6) is 0 Å². The van der Waals surface area contributed by atoms with Gasteiger partial charge in [0.15, 0.2) is 0 Å². The molecule has 0 nitrogen and oxygen atoms in total. The van der Waals surface area contributed by atoms with Crippen molar-refractivity contribution in [2.75, 3.05) is 0 Å². The molecule has 0 radical (unpaired) electrons. The molecule has 0 N–H and O–H groups in total. The van der Waals surface area contributed by atoms with E-state index in [0.29, 0.717) is 0 Å². The number of unbranched alkanes of at least 4 members (excludes halogenated alkanes) is 2. The summed E-state index contributed by atoms with van der Waals surface area (Å²) < 4.78 is 0. The van der Waals surface area contributed by atoms with E-state index in [0.717, 1.165) is 6.42 Å². The Balaban J connectivity index is 0.00000169. The van der Waals surface area contributed by atoms with Crippen LogP contribution in [-0.4, -0.2) is 0 Å². The van der Waals surface area contributed by atoms with Crippen LogP contribution in [-0.2, 0) is 26.2 Å². The van der Waals surface area contributed by atoms with E-state index in [1.165, 1.54) is 44.1 Å². The Morgan fingerprint density at radius 2 is 1.79 bits per heavy atom. The van der Waals surface area contributed by atoms with Crippen molar-refractivity contribution in [2.24, 2.45) is 0 Å². The van der Waals surface area contributed by atoms with Gasteiger partial charge in [-0.05, 0) is 0 Å². The molecule has 0 amide bonds. The number of hydrogen-bond acceptors (Lipinski definition) is 0. The van der Waals surface area contributed by atoms with Gasteiger partial charge in [0, 0.05) is 26.2 Å². The second-order valence-corrected chi connectivity index (χ2v) is 3.80. The summed E-state index contributed by atoms with van der Waals surface area (Å²) in [4.78, 5) is 0. The molecule has 0 heterocycles. The molecule has 0 fully saturated rings. The van der Waals surface area contributed by atoms with Gasteiger partial charge in [0.25, 0.3) is 0 Å². The van der Waals surface area contributed by atoms with Gasteiger partial charge in [0.2, 0.25) is 0 Å². The van der Waals surface area contributed by atoms with Gasteiger partial charge >= 0.3 is 0 Å². The minimum atomic E-state index is 0. The summed E-state index contributed by atoms with van der Waals surface area (Å²) in [7, 11) is 0. The van der Waals surface area contributed by atoms with E-state index in [2.05, 4.69) is 26.0 Å². The minimum absolute atomic E-state index is 0. The van der Waals surface area contributed by atoms with Gasteiger partial charge in [0.1, 0.15) is 0 Å². The van der Waals surface area contributed by atoms with Gasteiger partial charge in [-0.2, -0.15) is 11.6 Å². The fourth-order valence-corrected chi connectivity index (χ4v) is 1.76. The monoisotopic (exact) mass is 267 g/mol. The Bertz CT molecular complexity index is 179. The van der Waals surface area contributed by atoms with Crippen LogP contribution in [0.1, 0.15) is 58.8 Å². The maximum Gasteiger partial charge on any atom is 0 e. The maximum absolute atomic E-state index is 3.47. The van der Waals surface area contributed by atoms with E-state index in [-0.39, 0.29) is 26.2 Å². The van der Waals surface area contributed by atoms with Crippen molar-refractivity contribution in [3.8, 4) is 0 Å². The summed E-state index contributed by atoms with van der Waals surface area (Å²) in [5.41, 5.74) is 3.12. The Morgan fingerprint density at radius 3 is 2.43 bits per heavy atom. The van der Waals surface area contributed by atoms with Gasteiger partial charge in [-0.25, -0.2) is 5.57 Å². The second kappa shape index (κ2) is 8.65. The molecule has 0 aromatic carbocycles. The Hall–Kier alpha value is 0.363. The predicted molar refractivity (Wildman–Crippen MR) is 58.5 cm³/mol. The van der Waals surface area contributed by atoms with Crippen LogP contribution in [0, 0.1) is 6.08 Å². The summed E-state index contributed by atoms with van der Waals surface area (Å²) in [6, 6.07) is 0. The van der Waals surface area contributed by atoms with Crippen LogP contribution in [0.3, 0.4) is 0 Å². The molecule has 1 aliphatic rings. The van der Waals surface area contributed by atoms with Crippen molar-refractivity contribution >= 4 is 0 Å². The van der Waals surface area contributed by atoms with Gasteiger partial charge < -0.3 is 0 Å². The molecule has 0 saturated carbocycles. The van der Waals surface area contributed by atoms with E-state index in [9.17, 15) is 0 Å². The normalized spacial score (nSPS) is 14.7. The summed E-state index contributed by atoms with van der Waals surface area (Å²) in [6.07, 6.45) is 14.7. The first-order chi connectivity index (χ1) is 6.38. The molecule has 1 aliphatic carbocycles. The largest absolute Gasteiger partial charge is 0.269 e. The van der Waals surface area contributed by atoms with Crippen molar-refractivity contribution in [1.82, 2.24) is 0 Å². The van der Waals surface area contributed by atoms with Crippen molar-refractivity contribution < 1.29 is 26.2 Å². The topological polar surface area (TPSA) is 0 Å². The zero-order chi connectivity index (χ0) is 9.52. The van der Waals surface area contributed by atoms with E-state index in [1.807, 2.05) is 0 Å². The van der Waals surface area contributed by atoms with Crippen molar-refractivity contribution in [1.29, 1.82) is 0 Å². The number of hydrogen-bond donors (Lipinski definition) is 0. The summed E-state index contributed by atoms with van der Waals surface area (Å²) >= 11 is 0. The molecule has 0 aromatic rings. The van der Waals surface area contributed by atoms with Gasteiger partial charge in [-0.1, -0.05) is 52.4 Å². The standard InChI is InChI=1S/C13H21.Zr/c1-3-5-8-12-10-7-11-13(12)9-6-4-2;/h10H,3-9H2,1-2H3;/q-1;. The zero-order valence-corrected chi connectivity index (χ0v) is 12.0. The number of allylic oxidation sites excluding steroid dienone is 4. The smallest absolute Gasteiger partial charge is 0 e. The van der Waals surface area contributed by atoms with Crippen LogP contribution in [0.4, 0.5) is 0 Å². The van der Waals surface area contributed by atoms with Crippen LogP contribution in [0.2, 0.25) is 0 Å². The molecular formula is C13H21Zr-. The van der Waals surface area contributed by atoms with Crippen LogP contribution >= 0.6 is 0 Å². The molecule has 0 spiro atoms. The van der Waals surface area contributed by atoms with E-state index < -0.39 is 0 Å². The molecule has 0 aliphatic heterocycles. The van der Waals surface area contributed by atoms with E-state index in [1.54, 1.807) is 5.57 Å².